The fraction of sp³-hybridized carbons (Fsp3) is 0.900. The Kier molecular flexibility index (Phi) is 1.29. The highest BCUT2D eigenvalue weighted by molar-refractivity contribution is 9.10. The van der Waals surface area contributed by atoms with Crippen molar-refractivity contribution in [1.29, 1.82) is 0 Å². The van der Waals surface area contributed by atoms with Gasteiger partial charge in [-0.1, -0.05) is 15.9 Å². The van der Waals surface area contributed by atoms with Gasteiger partial charge in [-0.3, -0.25) is 0 Å². The Morgan fingerprint density at radius 3 is 2.18 bits per heavy atom. The van der Waals surface area contributed by atoms with Crippen molar-refractivity contribution in [3.8, 4) is 0 Å². The van der Waals surface area contributed by atoms with Crippen molar-refractivity contribution in [2.45, 2.75) is 36.4 Å². The minimum atomic E-state index is 0.582. The molecule has 4 rings (SSSR count). The van der Waals surface area contributed by atoms with Crippen LogP contribution < -0.4 is 0 Å². The monoisotopic (exact) mass is 213 g/mol. The van der Waals surface area contributed by atoms with E-state index in [1.54, 1.807) is 0 Å². The Hall–Kier alpha value is 0.480. The first kappa shape index (κ1) is 6.94. The Morgan fingerprint density at radius 2 is 1.73 bits per heavy atom. The van der Waals surface area contributed by atoms with Gasteiger partial charge in [0.2, 0.25) is 0 Å². The van der Waals surface area contributed by atoms with E-state index in [4.69, 9.17) is 0 Å². The summed E-state index contributed by atoms with van der Waals surface area (Å²) in [4.78, 5) is 0. The SMILES string of the molecule is BrC12CC3C[C@@H]([CH][C@@H](C3)C1)C2. The van der Waals surface area contributed by atoms with Crippen LogP contribution in [0.1, 0.15) is 32.1 Å². The molecule has 4 aliphatic carbocycles. The fourth-order valence-corrected chi connectivity index (χ4v) is 4.96. The predicted molar refractivity (Wildman–Crippen MR) is 49.5 cm³/mol. The molecular formula is C10H14Br. The van der Waals surface area contributed by atoms with Crippen LogP contribution in [0.2, 0.25) is 0 Å². The highest BCUT2D eigenvalue weighted by atomic mass is 79.9. The van der Waals surface area contributed by atoms with E-state index < -0.39 is 0 Å². The average Bonchev–Trinajstić information content (AvgIpc) is 1.79. The van der Waals surface area contributed by atoms with Gasteiger partial charge in [-0.25, -0.2) is 0 Å². The number of hydrogen-bond donors (Lipinski definition) is 0. The molecule has 4 fully saturated rings. The van der Waals surface area contributed by atoms with E-state index in [1.807, 2.05) is 0 Å². The summed E-state index contributed by atoms with van der Waals surface area (Å²) in [5.41, 5.74) is 0. The summed E-state index contributed by atoms with van der Waals surface area (Å²) in [6.45, 7) is 0. The molecule has 1 radical (unpaired) electrons. The predicted octanol–water partition coefficient (Wildman–Crippen LogP) is 3.16. The fourth-order valence-electron chi connectivity index (χ4n) is 3.67. The van der Waals surface area contributed by atoms with E-state index in [9.17, 15) is 0 Å². The van der Waals surface area contributed by atoms with E-state index in [2.05, 4.69) is 22.4 Å². The molecule has 0 nitrogen and oxygen atoms in total. The molecule has 4 aliphatic rings. The summed E-state index contributed by atoms with van der Waals surface area (Å²) in [6, 6.07) is 0. The zero-order valence-electron chi connectivity index (χ0n) is 6.72. The van der Waals surface area contributed by atoms with Crippen LogP contribution >= 0.6 is 15.9 Å². The molecule has 0 aliphatic heterocycles. The number of alkyl halides is 1. The molecule has 4 atom stereocenters. The summed E-state index contributed by atoms with van der Waals surface area (Å²) in [6.07, 6.45) is 9.97. The molecule has 61 valence electrons. The zero-order valence-corrected chi connectivity index (χ0v) is 8.31. The topological polar surface area (TPSA) is 0 Å². The number of rotatable bonds is 0. The van der Waals surface area contributed by atoms with Crippen LogP contribution in [-0.2, 0) is 0 Å². The average molecular weight is 214 g/mol. The molecule has 4 bridgehead atoms. The first-order valence-corrected chi connectivity index (χ1v) is 5.57. The highest BCUT2D eigenvalue weighted by Crippen LogP contribution is 2.58. The highest BCUT2D eigenvalue weighted by Gasteiger charge is 2.49. The van der Waals surface area contributed by atoms with Crippen LogP contribution in [-0.4, -0.2) is 4.32 Å². The summed E-state index contributed by atoms with van der Waals surface area (Å²) < 4.78 is 0.582. The Morgan fingerprint density at radius 1 is 1.09 bits per heavy atom. The zero-order chi connectivity index (χ0) is 7.47. The molecule has 0 N–H and O–H groups in total. The van der Waals surface area contributed by atoms with Crippen LogP contribution in [0.15, 0.2) is 0 Å². The molecule has 0 spiro atoms. The summed E-state index contributed by atoms with van der Waals surface area (Å²) in [7, 11) is 0. The molecule has 4 saturated carbocycles. The van der Waals surface area contributed by atoms with E-state index in [0.717, 1.165) is 17.8 Å². The minimum Gasteiger partial charge on any atom is -0.0853 e. The van der Waals surface area contributed by atoms with Gasteiger partial charge < -0.3 is 0 Å². The van der Waals surface area contributed by atoms with Gasteiger partial charge in [0.15, 0.2) is 0 Å². The van der Waals surface area contributed by atoms with Gasteiger partial charge in [-0.2, -0.15) is 0 Å². The molecular weight excluding hydrogens is 200 g/mol. The van der Waals surface area contributed by atoms with Crippen molar-refractivity contribution in [2.75, 3.05) is 0 Å². The van der Waals surface area contributed by atoms with Crippen LogP contribution in [0, 0.1) is 24.2 Å². The lowest BCUT2D eigenvalue weighted by Crippen LogP contribution is -2.47. The van der Waals surface area contributed by atoms with Gasteiger partial charge in [0, 0.05) is 4.32 Å². The largest absolute Gasteiger partial charge is 0.0853 e. The second kappa shape index (κ2) is 2.04. The first-order valence-electron chi connectivity index (χ1n) is 4.77. The quantitative estimate of drug-likeness (QED) is 0.543. The smallest absolute Gasteiger partial charge is 0.0266 e. The number of halogens is 1. The first-order chi connectivity index (χ1) is 5.23. The Bertz CT molecular complexity index is 150. The Balaban J connectivity index is 1.94. The van der Waals surface area contributed by atoms with E-state index >= 15 is 0 Å². The molecule has 0 aromatic heterocycles. The van der Waals surface area contributed by atoms with Crippen LogP contribution in [0.4, 0.5) is 0 Å². The maximum absolute atomic E-state index is 3.94. The standard InChI is InChI=1S/C10H14Br/c11-10-4-7-1-8(5-10)3-9(2-7)6-10/h1,7-9H,2-6H2/t7-,8+,9?,10?. The lowest BCUT2D eigenvalue weighted by molar-refractivity contribution is 0.0893. The van der Waals surface area contributed by atoms with Gasteiger partial charge in [-0.15, -0.1) is 0 Å². The number of hydrogen-bond acceptors (Lipinski definition) is 0. The van der Waals surface area contributed by atoms with Gasteiger partial charge in [0.25, 0.3) is 0 Å². The third kappa shape index (κ3) is 0.998. The summed E-state index contributed by atoms with van der Waals surface area (Å²) in [5.74, 6) is 3.01. The lowest BCUT2D eigenvalue weighted by Gasteiger charge is -2.54. The molecule has 0 aromatic carbocycles. The molecule has 11 heavy (non-hydrogen) atoms. The van der Waals surface area contributed by atoms with Crippen molar-refractivity contribution < 1.29 is 0 Å². The van der Waals surface area contributed by atoms with Crippen molar-refractivity contribution >= 4 is 15.9 Å². The Labute approximate surface area is 76.9 Å². The molecule has 0 heterocycles. The molecule has 0 amide bonds. The molecule has 2 unspecified atom stereocenters. The summed E-state index contributed by atoms with van der Waals surface area (Å²) in [5, 5.41) is 0. The van der Waals surface area contributed by atoms with Crippen LogP contribution in [0.3, 0.4) is 0 Å². The minimum absolute atomic E-state index is 0.582. The van der Waals surface area contributed by atoms with Crippen molar-refractivity contribution in [1.82, 2.24) is 0 Å². The normalized spacial score (nSPS) is 60.3. The van der Waals surface area contributed by atoms with Gasteiger partial charge >= 0.3 is 0 Å². The van der Waals surface area contributed by atoms with E-state index in [-0.39, 0.29) is 0 Å². The maximum atomic E-state index is 3.94. The van der Waals surface area contributed by atoms with Crippen LogP contribution in [0.25, 0.3) is 0 Å². The van der Waals surface area contributed by atoms with Gasteiger partial charge in [-0.05, 0) is 56.3 Å². The van der Waals surface area contributed by atoms with E-state index in [0.29, 0.717) is 4.32 Å². The second-order valence-corrected chi connectivity index (χ2v) is 6.50. The van der Waals surface area contributed by atoms with Crippen molar-refractivity contribution in [3.63, 3.8) is 0 Å². The van der Waals surface area contributed by atoms with Gasteiger partial charge in [0.05, 0.1) is 0 Å². The van der Waals surface area contributed by atoms with Crippen molar-refractivity contribution in [2.24, 2.45) is 17.8 Å². The lowest BCUT2D eigenvalue weighted by atomic mass is 9.56. The van der Waals surface area contributed by atoms with Crippen LogP contribution in [0.5, 0.6) is 0 Å². The molecule has 1 heteroatoms. The second-order valence-electron chi connectivity index (χ2n) is 4.81. The third-order valence-corrected chi connectivity index (χ3v) is 4.70. The third-order valence-electron chi connectivity index (χ3n) is 3.73. The maximum Gasteiger partial charge on any atom is 0.0266 e. The molecule has 0 saturated heterocycles. The van der Waals surface area contributed by atoms with Crippen molar-refractivity contribution in [3.05, 3.63) is 6.42 Å². The van der Waals surface area contributed by atoms with E-state index in [1.165, 1.54) is 32.1 Å². The molecule has 0 aromatic rings. The summed E-state index contributed by atoms with van der Waals surface area (Å²) >= 11 is 3.94. The van der Waals surface area contributed by atoms with Gasteiger partial charge in [0.1, 0.15) is 0 Å².